The van der Waals surface area contributed by atoms with Crippen molar-refractivity contribution in [3.63, 3.8) is 0 Å². The number of hydrogen-bond donors (Lipinski definition) is 2. The first-order valence-corrected chi connectivity index (χ1v) is 6.95. The Hall–Kier alpha value is -1.56. The van der Waals surface area contributed by atoms with Crippen LogP contribution in [0.15, 0.2) is 17.5 Å². The van der Waals surface area contributed by atoms with Gasteiger partial charge in [0.25, 0.3) is 0 Å². The smallest absolute Gasteiger partial charge is 0.315 e. The molecule has 0 aromatic carbocycles. The van der Waals surface area contributed by atoms with E-state index in [-0.39, 0.29) is 18.5 Å². The molecule has 1 aliphatic rings. The van der Waals surface area contributed by atoms with E-state index < -0.39 is 0 Å². The van der Waals surface area contributed by atoms with Crippen LogP contribution in [0.3, 0.4) is 0 Å². The summed E-state index contributed by atoms with van der Waals surface area (Å²) in [6.07, 6.45) is 2.13. The van der Waals surface area contributed by atoms with E-state index in [1.807, 2.05) is 17.5 Å². The highest BCUT2D eigenvalue weighted by Crippen LogP contribution is 2.07. The lowest BCUT2D eigenvalue weighted by atomic mass is 10.4. The zero-order chi connectivity index (χ0) is 12.8. The molecule has 18 heavy (non-hydrogen) atoms. The molecule has 0 aliphatic carbocycles. The number of thiophene rings is 1. The monoisotopic (exact) mass is 267 g/mol. The van der Waals surface area contributed by atoms with Crippen molar-refractivity contribution < 1.29 is 9.59 Å². The second kappa shape index (κ2) is 6.39. The van der Waals surface area contributed by atoms with Crippen molar-refractivity contribution in [1.29, 1.82) is 0 Å². The Balaban J connectivity index is 1.63. The normalized spacial score (nSPS) is 14.6. The van der Waals surface area contributed by atoms with Gasteiger partial charge in [-0.25, -0.2) is 4.79 Å². The summed E-state index contributed by atoms with van der Waals surface area (Å²) in [7, 11) is 0. The summed E-state index contributed by atoms with van der Waals surface area (Å²) in [4.78, 5) is 26.0. The van der Waals surface area contributed by atoms with Crippen molar-refractivity contribution >= 4 is 23.3 Å². The maximum Gasteiger partial charge on any atom is 0.315 e. The lowest BCUT2D eigenvalue weighted by Crippen LogP contribution is -2.42. The molecule has 0 unspecified atom stereocenters. The van der Waals surface area contributed by atoms with Gasteiger partial charge in [-0.2, -0.15) is 0 Å². The van der Waals surface area contributed by atoms with Crippen molar-refractivity contribution in [2.45, 2.75) is 19.4 Å². The fourth-order valence-electron chi connectivity index (χ4n) is 1.88. The predicted molar refractivity (Wildman–Crippen MR) is 70.4 cm³/mol. The van der Waals surface area contributed by atoms with Gasteiger partial charge in [0.15, 0.2) is 0 Å². The molecular weight excluding hydrogens is 250 g/mol. The largest absolute Gasteiger partial charge is 0.341 e. The number of amides is 3. The van der Waals surface area contributed by atoms with E-state index in [1.54, 1.807) is 16.2 Å². The van der Waals surface area contributed by atoms with Gasteiger partial charge in [-0.15, -0.1) is 11.3 Å². The van der Waals surface area contributed by atoms with Crippen LogP contribution < -0.4 is 10.6 Å². The molecule has 0 radical (unpaired) electrons. The topological polar surface area (TPSA) is 61.4 Å². The van der Waals surface area contributed by atoms with Gasteiger partial charge in [-0.3, -0.25) is 4.79 Å². The van der Waals surface area contributed by atoms with E-state index in [1.165, 1.54) is 0 Å². The molecule has 1 saturated heterocycles. The van der Waals surface area contributed by atoms with E-state index in [0.717, 1.165) is 30.8 Å². The third-order valence-corrected chi connectivity index (χ3v) is 3.74. The summed E-state index contributed by atoms with van der Waals surface area (Å²) in [5, 5.41) is 7.27. The zero-order valence-electron chi connectivity index (χ0n) is 10.1. The Morgan fingerprint density at radius 3 is 2.72 bits per heavy atom. The molecule has 5 nitrogen and oxygen atoms in total. The van der Waals surface area contributed by atoms with Crippen LogP contribution in [0, 0.1) is 0 Å². The number of hydrogen-bond acceptors (Lipinski definition) is 3. The summed E-state index contributed by atoms with van der Waals surface area (Å²) < 4.78 is 0. The van der Waals surface area contributed by atoms with Crippen LogP contribution in [-0.2, 0) is 11.3 Å². The van der Waals surface area contributed by atoms with Crippen LogP contribution in [0.4, 0.5) is 4.79 Å². The zero-order valence-corrected chi connectivity index (χ0v) is 11.0. The van der Waals surface area contributed by atoms with Crippen LogP contribution in [-0.4, -0.2) is 36.5 Å². The van der Waals surface area contributed by atoms with Crippen molar-refractivity contribution in [2.75, 3.05) is 19.6 Å². The molecule has 1 aliphatic heterocycles. The first-order valence-electron chi connectivity index (χ1n) is 6.07. The van der Waals surface area contributed by atoms with Gasteiger partial charge in [-0.05, 0) is 24.3 Å². The third kappa shape index (κ3) is 3.73. The Bertz CT molecular complexity index is 399. The highest BCUT2D eigenvalue weighted by Gasteiger charge is 2.17. The first-order chi connectivity index (χ1) is 8.75. The number of likely N-dealkylation sites (tertiary alicyclic amines) is 1. The van der Waals surface area contributed by atoms with E-state index in [9.17, 15) is 9.59 Å². The Morgan fingerprint density at radius 1 is 1.28 bits per heavy atom. The summed E-state index contributed by atoms with van der Waals surface area (Å²) in [5.41, 5.74) is 0. The number of nitrogens with one attached hydrogen (secondary N) is 2. The van der Waals surface area contributed by atoms with E-state index in [0.29, 0.717) is 6.54 Å². The molecule has 2 N–H and O–H groups in total. The molecule has 0 atom stereocenters. The lowest BCUT2D eigenvalue weighted by Gasteiger charge is -2.15. The third-order valence-electron chi connectivity index (χ3n) is 2.86. The van der Waals surface area contributed by atoms with Crippen LogP contribution in [0.1, 0.15) is 17.7 Å². The number of carbonyl (C=O) groups excluding carboxylic acids is 2. The standard InChI is InChI=1S/C12H17N3O2S/c16-11(15-5-1-2-6-15)9-14-12(17)13-8-10-4-3-7-18-10/h3-4,7H,1-2,5-6,8-9H2,(H2,13,14,17). The van der Waals surface area contributed by atoms with Gasteiger partial charge in [0.1, 0.15) is 0 Å². The molecule has 2 rings (SSSR count). The molecule has 3 amide bonds. The average molecular weight is 267 g/mol. The minimum absolute atomic E-state index is 0.00114. The van der Waals surface area contributed by atoms with Crippen molar-refractivity contribution in [1.82, 2.24) is 15.5 Å². The van der Waals surface area contributed by atoms with Crippen LogP contribution in [0.2, 0.25) is 0 Å². The lowest BCUT2D eigenvalue weighted by molar-refractivity contribution is -0.128. The first kappa shape index (κ1) is 12.9. The highest BCUT2D eigenvalue weighted by atomic mass is 32.1. The van der Waals surface area contributed by atoms with Crippen molar-refractivity contribution in [3.05, 3.63) is 22.4 Å². The minimum Gasteiger partial charge on any atom is -0.341 e. The molecule has 0 saturated carbocycles. The summed E-state index contributed by atoms with van der Waals surface area (Å²) in [6, 6.07) is 3.60. The van der Waals surface area contributed by atoms with Crippen molar-refractivity contribution in [2.24, 2.45) is 0 Å². The average Bonchev–Trinajstić information content (AvgIpc) is 3.05. The maximum atomic E-state index is 11.7. The highest BCUT2D eigenvalue weighted by molar-refractivity contribution is 7.09. The SMILES string of the molecule is O=C(NCC(=O)N1CCCC1)NCc1cccs1. The fraction of sp³-hybridized carbons (Fsp3) is 0.500. The molecule has 1 aromatic rings. The van der Waals surface area contributed by atoms with E-state index in [2.05, 4.69) is 10.6 Å². The molecule has 1 fully saturated rings. The maximum absolute atomic E-state index is 11.7. The molecule has 0 bridgehead atoms. The van der Waals surface area contributed by atoms with Crippen LogP contribution in [0.25, 0.3) is 0 Å². The van der Waals surface area contributed by atoms with Crippen molar-refractivity contribution in [3.8, 4) is 0 Å². The minimum atomic E-state index is -0.295. The molecule has 1 aromatic heterocycles. The van der Waals surface area contributed by atoms with E-state index in [4.69, 9.17) is 0 Å². The van der Waals surface area contributed by atoms with Gasteiger partial charge in [0.05, 0.1) is 13.1 Å². The molecule has 0 spiro atoms. The number of nitrogens with zero attached hydrogens (tertiary/aromatic N) is 1. The Labute approximate surface area is 110 Å². The van der Waals surface area contributed by atoms with Crippen LogP contribution >= 0.6 is 11.3 Å². The summed E-state index contributed by atoms with van der Waals surface area (Å²) in [6.45, 7) is 2.21. The summed E-state index contributed by atoms with van der Waals surface area (Å²) >= 11 is 1.59. The van der Waals surface area contributed by atoms with Gasteiger partial charge < -0.3 is 15.5 Å². The van der Waals surface area contributed by atoms with Gasteiger partial charge in [0.2, 0.25) is 5.91 Å². The predicted octanol–water partition coefficient (Wildman–Crippen LogP) is 1.17. The van der Waals surface area contributed by atoms with Gasteiger partial charge >= 0.3 is 6.03 Å². The number of rotatable bonds is 4. The quantitative estimate of drug-likeness (QED) is 0.860. The Morgan fingerprint density at radius 2 is 2.06 bits per heavy atom. The van der Waals surface area contributed by atoms with E-state index >= 15 is 0 Å². The number of carbonyl (C=O) groups is 2. The molecule has 98 valence electrons. The second-order valence-corrected chi connectivity index (χ2v) is 5.24. The molecule has 6 heteroatoms. The van der Waals surface area contributed by atoms with Gasteiger partial charge in [0, 0.05) is 18.0 Å². The van der Waals surface area contributed by atoms with Gasteiger partial charge in [-0.1, -0.05) is 6.07 Å². The second-order valence-electron chi connectivity index (χ2n) is 4.20. The fourth-order valence-corrected chi connectivity index (χ4v) is 2.52. The number of urea groups is 1. The molecular formula is C12H17N3O2S. The summed E-state index contributed by atoms with van der Waals surface area (Å²) in [5.74, 6) is -0.00114. The van der Waals surface area contributed by atoms with Crippen LogP contribution in [0.5, 0.6) is 0 Å². The molecule has 2 heterocycles. The Kier molecular flexibility index (Phi) is 4.58.